The molecule has 2 unspecified atom stereocenters. The summed E-state index contributed by atoms with van der Waals surface area (Å²) in [6.07, 6.45) is 0.469. The third-order valence-electron chi connectivity index (χ3n) is 5.50. The summed E-state index contributed by atoms with van der Waals surface area (Å²) in [5, 5.41) is 2.26. The molecule has 2 fully saturated rings. The van der Waals surface area contributed by atoms with Gasteiger partial charge in [-0.3, -0.25) is 24.6 Å². The van der Waals surface area contributed by atoms with Crippen LogP contribution in [-0.4, -0.2) is 58.6 Å². The molecule has 2 atom stereocenters. The van der Waals surface area contributed by atoms with Crippen LogP contribution in [0.2, 0.25) is 0 Å². The average molecular weight is 378 g/mol. The van der Waals surface area contributed by atoms with Gasteiger partial charge in [-0.2, -0.15) is 0 Å². The standard InChI is InChI=1S/C18H20F2N4O3/c19-18(20)9-23(8-14(18)21)6-10-2-1-3-11-12(10)7-24(17(11)27)13-4-5-15(25)22-16(13)26/h1-3,13-14H,4-9,21H2,(H,22,25,26). The van der Waals surface area contributed by atoms with Crippen molar-refractivity contribution in [2.45, 2.75) is 43.9 Å². The van der Waals surface area contributed by atoms with E-state index < -0.39 is 30.5 Å². The highest BCUT2D eigenvalue weighted by Gasteiger charge is 2.46. The van der Waals surface area contributed by atoms with Gasteiger partial charge in [0, 0.05) is 31.6 Å². The molecule has 0 aromatic heterocycles. The van der Waals surface area contributed by atoms with Crippen molar-refractivity contribution in [3.05, 3.63) is 34.9 Å². The fourth-order valence-electron chi connectivity index (χ4n) is 4.05. The van der Waals surface area contributed by atoms with E-state index in [4.69, 9.17) is 5.73 Å². The number of halogens is 2. The van der Waals surface area contributed by atoms with Gasteiger partial charge in [-0.15, -0.1) is 0 Å². The number of hydrogen-bond donors (Lipinski definition) is 2. The minimum atomic E-state index is -2.92. The molecule has 3 amide bonds. The van der Waals surface area contributed by atoms with Crippen LogP contribution in [0, 0.1) is 0 Å². The molecule has 4 rings (SSSR count). The number of fused-ring (bicyclic) bond motifs is 1. The molecule has 7 nitrogen and oxygen atoms in total. The van der Waals surface area contributed by atoms with Crippen molar-refractivity contribution < 1.29 is 23.2 Å². The number of nitrogens with two attached hydrogens (primary N) is 1. The van der Waals surface area contributed by atoms with E-state index in [9.17, 15) is 23.2 Å². The summed E-state index contributed by atoms with van der Waals surface area (Å²) >= 11 is 0. The number of nitrogens with zero attached hydrogens (tertiary/aromatic N) is 2. The Kier molecular flexibility index (Phi) is 4.23. The van der Waals surface area contributed by atoms with Crippen molar-refractivity contribution in [1.82, 2.24) is 15.1 Å². The Hall–Kier alpha value is -2.39. The highest BCUT2D eigenvalue weighted by molar-refractivity contribution is 6.05. The zero-order valence-electron chi connectivity index (χ0n) is 14.6. The first-order chi connectivity index (χ1) is 12.8. The molecule has 0 saturated carbocycles. The van der Waals surface area contributed by atoms with Gasteiger partial charge in [-0.05, 0) is 23.6 Å². The lowest BCUT2D eigenvalue weighted by Gasteiger charge is -2.29. The number of carbonyl (C=O) groups is 3. The Balaban J connectivity index is 1.55. The molecule has 0 spiro atoms. The highest BCUT2D eigenvalue weighted by Crippen LogP contribution is 2.32. The van der Waals surface area contributed by atoms with Gasteiger partial charge >= 0.3 is 0 Å². The number of benzene rings is 1. The molecule has 144 valence electrons. The number of nitrogens with one attached hydrogen (secondary N) is 1. The van der Waals surface area contributed by atoms with Crippen molar-refractivity contribution in [3.63, 3.8) is 0 Å². The van der Waals surface area contributed by atoms with Crippen molar-refractivity contribution in [2.24, 2.45) is 5.73 Å². The van der Waals surface area contributed by atoms with E-state index in [1.807, 2.05) is 6.07 Å². The maximum absolute atomic E-state index is 13.7. The SMILES string of the molecule is NC1CN(Cc2cccc3c2CN(C2CCC(=O)NC2=O)C3=O)CC1(F)F. The summed E-state index contributed by atoms with van der Waals surface area (Å²) in [6.45, 7) is 0.167. The van der Waals surface area contributed by atoms with Gasteiger partial charge in [0.2, 0.25) is 11.8 Å². The molecule has 3 heterocycles. The van der Waals surface area contributed by atoms with Gasteiger partial charge in [-0.1, -0.05) is 12.1 Å². The first-order valence-electron chi connectivity index (χ1n) is 8.87. The van der Waals surface area contributed by atoms with Crippen molar-refractivity contribution in [1.29, 1.82) is 0 Å². The van der Waals surface area contributed by atoms with Crippen LogP contribution in [0.15, 0.2) is 18.2 Å². The largest absolute Gasteiger partial charge is 0.322 e. The van der Waals surface area contributed by atoms with Crippen molar-refractivity contribution in [3.8, 4) is 0 Å². The smallest absolute Gasteiger partial charge is 0.276 e. The topological polar surface area (TPSA) is 95.7 Å². The summed E-state index contributed by atoms with van der Waals surface area (Å²) < 4.78 is 27.4. The molecule has 1 aromatic carbocycles. The number of alkyl halides is 2. The van der Waals surface area contributed by atoms with E-state index in [-0.39, 0.29) is 44.3 Å². The zero-order chi connectivity index (χ0) is 19.3. The van der Waals surface area contributed by atoms with E-state index in [0.717, 1.165) is 11.1 Å². The van der Waals surface area contributed by atoms with Crippen LogP contribution in [0.4, 0.5) is 8.78 Å². The summed E-state index contributed by atoms with van der Waals surface area (Å²) in [6, 6.07) is 3.31. The maximum atomic E-state index is 13.7. The third-order valence-corrected chi connectivity index (χ3v) is 5.50. The number of imide groups is 1. The van der Waals surface area contributed by atoms with Crippen LogP contribution >= 0.6 is 0 Å². The predicted octanol–water partition coefficient (Wildman–Crippen LogP) is 0.226. The van der Waals surface area contributed by atoms with Gasteiger partial charge in [0.15, 0.2) is 0 Å². The Morgan fingerprint density at radius 1 is 1.26 bits per heavy atom. The van der Waals surface area contributed by atoms with Gasteiger partial charge < -0.3 is 10.6 Å². The summed E-state index contributed by atoms with van der Waals surface area (Å²) in [5.41, 5.74) is 7.52. The van der Waals surface area contributed by atoms with Crippen molar-refractivity contribution >= 4 is 17.7 Å². The second-order valence-corrected chi connectivity index (χ2v) is 7.38. The van der Waals surface area contributed by atoms with Gasteiger partial charge in [-0.25, -0.2) is 8.78 Å². The number of piperidine rings is 1. The quantitative estimate of drug-likeness (QED) is 0.734. The summed E-state index contributed by atoms with van der Waals surface area (Å²) in [4.78, 5) is 39.3. The van der Waals surface area contributed by atoms with Crippen LogP contribution in [0.5, 0.6) is 0 Å². The molecule has 1 aromatic rings. The zero-order valence-corrected chi connectivity index (χ0v) is 14.6. The van der Waals surface area contributed by atoms with Gasteiger partial charge in [0.1, 0.15) is 6.04 Å². The van der Waals surface area contributed by atoms with Crippen molar-refractivity contribution in [2.75, 3.05) is 13.1 Å². The predicted molar refractivity (Wildman–Crippen MR) is 90.7 cm³/mol. The fraction of sp³-hybridized carbons (Fsp3) is 0.500. The van der Waals surface area contributed by atoms with E-state index >= 15 is 0 Å². The number of rotatable bonds is 3. The summed E-state index contributed by atoms with van der Waals surface area (Å²) in [5.74, 6) is -4.01. The number of likely N-dealkylation sites (tertiary alicyclic amines) is 1. The van der Waals surface area contributed by atoms with Gasteiger partial charge in [0.05, 0.1) is 12.6 Å². The van der Waals surface area contributed by atoms with Crippen LogP contribution in [0.3, 0.4) is 0 Å². The Labute approximate surface area is 154 Å². The molecule has 0 radical (unpaired) electrons. The minimum Gasteiger partial charge on any atom is -0.322 e. The Bertz CT molecular complexity index is 829. The van der Waals surface area contributed by atoms with Crippen LogP contribution in [0.1, 0.15) is 34.3 Å². The molecule has 3 N–H and O–H groups in total. The van der Waals surface area contributed by atoms with Gasteiger partial charge in [0.25, 0.3) is 11.8 Å². The first-order valence-corrected chi connectivity index (χ1v) is 8.87. The number of amides is 3. The van der Waals surface area contributed by atoms with Crippen LogP contribution < -0.4 is 11.1 Å². The fourth-order valence-corrected chi connectivity index (χ4v) is 4.05. The molecule has 0 aliphatic carbocycles. The molecule has 2 saturated heterocycles. The average Bonchev–Trinajstić information content (AvgIpc) is 3.05. The second-order valence-electron chi connectivity index (χ2n) is 7.38. The first kappa shape index (κ1) is 18.0. The van der Waals surface area contributed by atoms with E-state index in [1.54, 1.807) is 17.0 Å². The summed E-state index contributed by atoms with van der Waals surface area (Å²) in [7, 11) is 0. The molecule has 0 bridgehead atoms. The normalized spacial score (nSPS) is 27.8. The molecule has 3 aliphatic rings. The van der Waals surface area contributed by atoms with E-state index in [1.165, 1.54) is 4.90 Å². The third kappa shape index (κ3) is 3.10. The molecular formula is C18H20F2N4O3. The number of hydrogen-bond acceptors (Lipinski definition) is 5. The van der Waals surface area contributed by atoms with Crippen LogP contribution in [0.25, 0.3) is 0 Å². The molecular weight excluding hydrogens is 358 g/mol. The van der Waals surface area contributed by atoms with E-state index in [2.05, 4.69) is 5.32 Å². The number of carbonyl (C=O) groups excluding carboxylic acids is 3. The highest BCUT2D eigenvalue weighted by atomic mass is 19.3. The lowest BCUT2D eigenvalue weighted by Crippen LogP contribution is -2.52. The Morgan fingerprint density at radius 2 is 2.04 bits per heavy atom. The molecule has 3 aliphatic heterocycles. The second kappa shape index (κ2) is 6.35. The monoisotopic (exact) mass is 378 g/mol. The minimum absolute atomic E-state index is 0.0848. The lowest BCUT2D eigenvalue weighted by molar-refractivity contribution is -0.136. The maximum Gasteiger partial charge on any atom is 0.276 e. The molecule has 27 heavy (non-hydrogen) atoms. The Morgan fingerprint density at radius 3 is 2.70 bits per heavy atom. The molecule has 9 heteroatoms. The van der Waals surface area contributed by atoms with Crippen LogP contribution in [-0.2, 0) is 22.7 Å². The lowest BCUT2D eigenvalue weighted by atomic mass is 10.0. The van der Waals surface area contributed by atoms with E-state index in [0.29, 0.717) is 5.56 Å².